The van der Waals surface area contributed by atoms with Gasteiger partial charge in [0.2, 0.25) is 15.9 Å². The van der Waals surface area contributed by atoms with Gasteiger partial charge in [0.05, 0.1) is 19.1 Å². The Labute approximate surface area is 157 Å². The van der Waals surface area contributed by atoms with Crippen molar-refractivity contribution in [1.29, 1.82) is 0 Å². The molecule has 0 spiro atoms. The van der Waals surface area contributed by atoms with E-state index in [2.05, 4.69) is 10.0 Å². The summed E-state index contributed by atoms with van der Waals surface area (Å²) >= 11 is 0. The maximum Gasteiger partial charge on any atom is 0.240 e. The Kier molecular flexibility index (Phi) is 7.14. The van der Waals surface area contributed by atoms with Crippen molar-refractivity contribution in [2.75, 3.05) is 20.8 Å². The van der Waals surface area contributed by atoms with Crippen LogP contribution in [0.3, 0.4) is 0 Å². The van der Waals surface area contributed by atoms with Crippen molar-refractivity contribution in [2.24, 2.45) is 0 Å². The third-order valence-electron chi connectivity index (χ3n) is 3.74. The van der Waals surface area contributed by atoms with Crippen molar-refractivity contribution in [2.45, 2.75) is 17.9 Å². The van der Waals surface area contributed by atoms with Gasteiger partial charge >= 0.3 is 0 Å². The summed E-state index contributed by atoms with van der Waals surface area (Å²) in [6.07, 6.45) is -0.0824. The van der Waals surface area contributed by atoms with Gasteiger partial charge in [0.15, 0.2) is 11.5 Å². The van der Waals surface area contributed by atoms with Crippen LogP contribution in [-0.2, 0) is 21.4 Å². The number of nitrogens with one attached hydrogen (secondary N) is 2. The van der Waals surface area contributed by atoms with Crippen LogP contribution >= 0.6 is 0 Å². The molecular weight excluding hydrogens is 375 g/mol. The Morgan fingerprint density at radius 2 is 1.78 bits per heavy atom. The molecular formula is C18H21FN2O5S. The first kappa shape index (κ1) is 20.7. The maximum atomic E-state index is 13.5. The number of ether oxygens (including phenoxy) is 2. The highest BCUT2D eigenvalue weighted by Gasteiger charge is 2.17. The molecule has 146 valence electrons. The van der Waals surface area contributed by atoms with Crippen molar-refractivity contribution in [3.63, 3.8) is 0 Å². The predicted molar refractivity (Wildman–Crippen MR) is 97.6 cm³/mol. The fourth-order valence-electron chi connectivity index (χ4n) is 2.29. The summed E-state index contributed by atoms with van der Waals surface area (Å²) in [6, 6.07) is 10.3. The molecule has 0 heterocycles. The van der Waals surface area contributed by atoms with E-state index in [1.165, 1.54) is 38.5 Å². The van der Waals surface area contributed by atoms with E-state index in [9.17, 15) is 17.6 Å². The molecule has 0 bridgehead atoms. The second kappa shape index (κ2) is 9.33. The van der Waals surface area contributed by atoms with Crippen LogP contribution in [0.5, 0.6) is 11.5 Å². The number of carbonyl (C=O) groups is 1. The predicted octanol–water partition coefficient (Wildman–Crippen LogP) is 1.83. The van der Waals surface area contributed by atoms with Crippen LogP contribution in [0.15, 0.2) is 47.4 Å². The number of hydrogen-bond donors (Lipinski definition) is 2. The molecule has 2 rings (SSSR count). The molecule has 2 aromatic carbocycles. The van der Waals surface area contributed by atoms with E-state index >= 15 is 0 Å². The standard InChI is InChI=1S/C18H21FN2O5S/c1-25-16-8-7-14(11-17(16)26-2)27(23,24)21-10-9-18(22)20-12-13-5-3-4-6-15(13)19/h3-8,11,21H,9-10,12H2,1-2H3,(H,20,22). The Morgan fingerprint density at radius 3 is 2.44 bits per heavy atom. The summed E-state index contributed by atoms with van der Waals surface area (Å²) < 4.78 is 50.6. The fraction of sp³-hybridized carbons (Fsp3) is 0.278. The molecule has 0 radical (unpaired) electrons. The van der Waals surface area contributed by atoms with Crippen molar-refractivity contribution in [3.05, 3.63) is 53.8 Å². The lowest BCUT2D eigenvalue weighted by molar-refractivity contribution is -0.121. The molecule has 0 aromatic heterocycles. The highest BCUT2D eigenvalue weighted by Crippen LogP contribution is 2.29. The highest BCUT2D eigenvalue weighted by molar-refractivity contribution is 7.89. The van der Waals surface area contributed by atoms with Gasteiger partial charge in [-0.25, -0.2) is 17.5 Å². The van der Waals surface area contributed by atoms with Crippen LogP contribution in [0.25, 0.3) is 0 Å². The summed E-state index contributed by atoms with van der Waals surface area (Å²) in [6.45, 7) is -0.0618. The van der Waals surface area contributed by atoms with Crippen LogP contribution in [-0.4, -0.2) is 35.1 Å². The van der Waals surface area contributed by atoms with Crippen LogP contribution in [0.1, 0.15) is 12.0 Å². The van der Waals surface area contributed by atoms with Crippen LogP contribution in [0, 0.1) is 5.82 Å². The molecule has 0 saturated heterocycles. The van der Waals surface area contributed by atoms with Gasteiger partial charge in [0.1, 0.15) is 5.82 Å². The molecule has 2 aromatic rings. The number of carbonyl (C=O) groups excluding carboxylic acids is 1. The lowest BCUT2D eigenvalue weighted by atomic mass is 10.2. The van der Waals surface area contributed by atoms with E-state index in [0.29, 0.717) is 11.3 Å². The average molecular weight is 396 g/mol. The minimum atomic E-state index is -3.81. The van der Waals surface area contributed by atoms with Crippen LogP contribution in [0.2, 0.25) is 0 Å². The number of amides is 1. The second-order valence-corrected chi connectivity index (χ2v) is 7.30. The van der Waals surface area contributed by atoms with Crippen LogP contribution in [0.4, 0.5) is 4.39 Å². The zero-order valence-electron chi connectivity index (χ0n) is 15.0. The summed E-state index contributed by atoms with van der Waals surface area (Å²) in [5.41, 5.74) is 0.358. The lowest BCUT2D eigenvalue weighted by Gasteiger charge is -2.11. The first-order chi connectivity index (χ1) is 12.9. The normalized spacial score (nSPS) is 11.1. The largest absolute Gasteiger partial charge is 0.493 e. The molecule has 1 amide bonds. The molecule has 7 nitrogen and oxygen atoms in total. The summed E-state index contributed by atoms with van der Waals surface area (Å²) in [5.74, 6) is -0.118. The van der Waals surface area contributed by atoms with Gasteiger partial charge in [0.25, 0.3) is 0 Å². The third kappa shape index (κ3) is 5.66. The Hall–Kier alpha value is -2.65. The minimum absolute atomic E-state index is 0.00749. The molecule has 0 saturated carbocycles. The monoisotopic (exact) mass is 396 g/mol. The number of hydrogen-bond acceptors (Lipinski definition) is 5. The van der Waals surface area contributed by atoms with Gasteiger partial charge in [-0.3, -0.25) is 4.79 Å². The van der Waals surface area contributed by atoms with E-state index in [1.54, 1.807) is 18.2 Å². The lowest BCUT2D eigenvalue weighted by Crippen LogP contribution is -2.30. The van der Waals surface area contributed by atoms with Crippen molar-refractivity contribution >= 4 is 15.9 Å². The molecule has 0 aliphatic heterocycles. The minimum Gasteiger partial charge on any atom is -0.493 e. The first-order valence-corrected chi connectivity index (χ1v) is 9.57. The first-order valence-electron chi connectivity index (χ1n) is 8.09. The van der Waals surface area contributed by atoms with Gasteiger partial charge in [-0.1, -0.05) is 18.2 Å². The number of rotatable bonds is 9. The SMILES string of the molecule is COc1ccc(S(=O)(=O)NCCC(=O)NCc2ccccc2F)cc1OC. The Bertz CT molecular complexity index is 902. The van der Waals surface area contributed by atoms with E-state index in [4.69, 9.17) is 9.47 Å². The molecule has 9 heteroatoms. The second-order valence-electron chi connectivity index (χ2n) is 5.53. The fourth-order valence-corrected chi connectivity index (χ4v) is 3.34. The maximum absolute atomic E-state index is 13.5. The molecule has 0 atom stereocenters. The molecule has 0 aliphatic rings. The summed E-state index contributed by atoms with van der Waals surface area (Å²) in [4.78, 5) is 11.8. The van der Waals surface area contributed by atoms with Gasteiger partial charge in [-0.15, -0.1) is 0 Å². The topological polar surface area (TPSA) is 93.7 Å². The molecule has 0 unspecified atom stereocenters. The Balaban J connectivity index is 1.88. The van der Waals surface area contributed by atoms with Crippen LogP contribution < -0.4 is 19.5 Å². The molecule has 27 heavy (non-hydrogen) atoms. The summed E-state index contributed by atoms with van der Waals surface area (Å²) in [5, 5.41) is 2.55. The molecule has 0 fully saturated rings. The zero-order valence-corrected chi connectivity index (χ0v) is 15.8. The molecule has 2 N–H and O–H groups in total. The van der Waals surface area contributed by atoms with Crippen molar-refractivity contribution < 1.29 is 27.1 Å². The number of halogens is 1. The van der Waals surface area contributed by atoms with Gasteiger partial charge in [0, 0.05) is 31.1 Å². The number of methoxy groups -OCH3 is 2. The number of sulfonamides is 1. The van der Waals surface area contributed by atoms with Gasteiger partial charge < -0.3 is 14.8 Å². The van der Waals surface area contributed by atoms with Gasteiger partial charge in [-0.05, 0) is 18.2 Å². The smallest absolute Gasteiger partial charge is 0.240 e. The third-order valence-corrected chi connectivity index (χ3v) is 5.20. The quantitative estimate of drug-likeness (QED) is 0.675. The van der Waals surface area contributed by atoms with E-state index in [1.807, 2.05) is 0 Å². The van der Waals surface area contributed by atoms with E-state index in [-0.39, 0.29) is 30.2 Å². The van der Waals surface area contributed by atoms with Gasteiger partial charge in [-0.2, -0.15) is 0 Å². The van der Waals surface area contributed by atoms with E-state index in [0.717, 1.165) is 0 Å². The van der Waals surface area contributed by atoms with Crippen molar-refractivity contribution in [3.8, 4) is 11.5 Å². The average Bonchev–Trinajstić information content (AvgIpc) is 2.66. The number of benzene rings is 2. The summed E-state index contributed by atoms with van der Waals surface area (Å²) in [7, 11) is -0.960. The molecule has 0 aliphatic carbocycles. The van der Waals surface area contributed by atoms with E-state index < -0.39 is 21.7 Å². The van der Waals surface area contributed by atoms with Crippen molar-refractivity contribution in [1.82, 2.24) is 10.0 Å². The highest BCUT2D eigenvalue weighted by atomic mass is 32.2. The zero-order chi connectivity index (χ0) is 19.9. The Morgan fingerprint density at radius 1 is 1.07 bits per heavy atom.